The number of hydrogen-bond donors (Lipinski definition) is 0. The molecule has 0 aliphatic heterocycles. The smallest absolute Gasteiger partial charge is 0.238 e. The second-order valence-electron chi connectivity index (χ2n) is 5.63. The Morgan fingerprint density at radius 2 is 1.85 bits per heavy atom. The molecule has 0 aliphatic rings. The van der Waals surface area contributed by atoms with Crippen molar-refractivity contribution in [2.24, 2.45) is 0 Å². The van der Waals surface area contributed by atoms with Crippen molar-refractivity contribution in [3.05, 3.63) is 65.1 Å². The third kappa shape index (κ3) is 2.76. The first-order valence-electron chi connectivity index (χ1n) is 7.83. The number of nitrogens with zero attached hydrogens (tertiary/aromatic N) is 5. The largest absolute Gasteiger partial charge is 0.439 e. The maximum absolute atomic E-state index is 7.56. The van der Waals surface area contributed by atoms with Crippen LogP contribution < -0.4 is 4.74 Å². The predicted molar refractivity (Wildman–Crippen MR) is 101 cm³/mol. The van der Waals surface area contributed by atoms with Crippen molar-refractivity contribution >= 4 is 27.2 Å². The van der Waals surface area contributed by atoms with Crippen LogP contribution >= 0.6 is 11.3 Å². The molecule has 4 rings (SSSR count). The molecular formula is C19H13N5OS. The molecule has 1 aromatic carbocycles. The highest BCUT2D eigenvalue weighted by atomic mass is 32.1. The van der Waals surface area contributed by atoms with Gasteiger partial charge in [-0.05, 0) is 37.6 Å². The van der Waals surface area contributed by atoms with Crippen LogP contribution in [0.15, 0.2) is 42.3 Å². The SMILES string of the molecule is [C-]#[N+]c1cc(Oc2nccc3ncsc23)ccc1-c1c(C)ncnc1C. The number of aromatic nitrogens is 4. The van der Waals surface area contributed by atoms with Crippen molar-refractivity contribution in [1.29, 1.82) is 0 Å². The summed E-state index contributed by atoms with van der Waals surface area (Å²) >= 11 is 1.47. The first kappa shape index (κ1) is 16.1. The molecule has 0 unspecified atom stereocenters. The van der Waals surface area contributed by atoms with Gasteiger partial charge in [0.1, 0.15) is 16.8 Å². The fourth-order valence-electron chi connectivity index (χ4n) is 2.81. The summed E-state index contributed by atoms with van der Waals surface area (Å²) in [6.07, 6.45) is 3.19. The molecule has 26 heavy (non-hydrogen) atoms. The summed E-state index contributed by atoms with van der Waals surface area (Å²) in [4.78, 5) is 20.7. The first-order chi connectivity index (χ1) is 12.7. The molecule has 0 spiro atoms. The average molecular weight is 359 g/mol. The topological polar surface area (TPSA) is 65.2 Å². The van der Waals surface area contributed by atoms with Crippen molar-refractivity contribution in [2.45, 2.75) is 13.8 Å². The number of thiazole rings is 1. The van der Waals surface area contributed by atoms with Gasteiger partial charge in [-0.3, -0.25) is 0 Å². The van der Waals surface area contributed by atoms with Crippen LogP contribution in [0.1, 0.15) is 11.4 Å². The number of hydrogen-bond acceptors (Lipinski definition) is 6. The zero-order chi connectivity index (χ0) is 18.1. The number of aryl methyl sites for hydroxylation is 2. The third-order valence-corrected chi connectivity index (χ3v) is 4.84. The van der Waals surface area contributed by atoms with Gasteiger partial charge in [0.25, 0.3) is 0 Å². The summed E-state index contributed by atoms with van der Waals surface area (Å²) in [5.41, 5.74) is 6.45. The summed E-state index contributed by atoms with van der Waals surface area (Å²) in [7, 11) is 0. The molecular weight excluding hydrogens is 346 g/mol. The van der Waals surface area contributed by atoms with E-state index in [0.29, 0.717) is 17.3 Å². The third-order valence-electron chi connectivity index (χ3n) is 4.01. The van der Waals surface area contributed by atoms with Crippen LogP contribution in [0.3, 0.4) is 0 Å². The molecule has 4 aromatic rings. The van der Waals surface area contributed by atoms with Crippen LogP contribution in [-0.4, -0.2) is 19.9 Å². The van der Waals surface area contributed by atoms with E-state index in [-0.39, 0.29) is 0 Å². The average Bonchev–Trinajstić information content (AvgIpc) is 3.12. The molecule has 3 aromatic heterocycles. The van der Waals surface area contributed by atoms with Gasteiger partial charge >= 0.3 is 0 Å². The molecule has 0 N–H and O–H groups in total. The van der Waals surface area contributed by atoms with Gasteiger partial charge < -0.3 is 4.74 Å². The van der Waals surface area contributed by atoms with E-state index in [1.54, 1.807) is 17.8 Å². The van der Waals surface area contributed by atoms with E-state index in [2.05, 4.69) is 24.8 Å². The summed E-state index contributed by atoms with van der Waals surface area (Å²) in [6, 6.07) is 7.26. The molecule has 6 nitrogen and oxygen atoms in total. The molecule has 126 valence electrons. The first-order valence-corrected chi connectivity index (χ1v) is 8.71. The minimum Gasteiger partial charge on any atom is -0.439 e. The molecule has 0 saturated carbocycles. The quantitative estimate of drug-likeness (QED) is 0.476. The number of fused-ring (bicyclic) bond motifs is 1. The van der Waals surface area contributed by atoms with Gasteiger partial charge in [0, 0.05) is 23.1 Å². The maximum atomic E-state index is 7.56. The Morgan fingerprint density at radius 1 is 1.04 bits per heavy atom. The van der Waals surface area contributed by atoms with Crippen LogP contribution in [0.25, 0.3) is 26.2 Å². The second-order valence-corrected chi connectivity index (χ2v) is 6.48. The lowest BCUT2D eigenvalue weighted by Gasteiger charge is -2.12. The summed E-state index contributed by atoms with van der Waals surface area (Å²) in [5.74, 6) is 1.05. The monoisotopic (exact) mass is 359 g/mol. The highest BCUT2D eigenvalue weighted by Crippen LogP contribution is 2.38. The molecule has 3 heterocycles. The number of pyridine rings is 1. The summed E-state index contributed by atoms with van der Waals surface area (Å²) in [5, 5.41) is 0. The summed E-state index contributed by atoms with van der Waals surface area (Å²) < 4.78 is 6.81. The lowest BCUT2D eigenvalue weighted by molar-refractivity contribution is 0.470. The molecule has 0 atom stereocenters. The van der Waals surface area contributed by atoms with Gasteiger partial charge in [0.05, 0.1) is 17.6 Å². The number of rotatable bonds is 3. The van der Waals surface area contributed by atoms with Crippen molar-refractivity contribution in [3.63, 3.8) is 0 Å². The lowest BCUT2D eigenvalue weighted by atomic mass is 10.0. The Balaban J connectivity index is 1.77. The Bertz CT molecular complexity index is 1140. The second kappa shape index (κ2) is 6.50. The molecule has 7 heteroatoms. The van der Waals surface area contributed by atoms with E-state index < -0.39 is 0 Å². The van der Waals surface area contributed by atoms with Gasteiger partial charge in [-0.15, -0.1) is 11.3 Å². The van der Waals surface area contributed by atoms with E-state index in [0.717, 1.165) is 32.7 Å². The van der Waals surface area contributed by atoms with Gasteiger partial charge in [-0.25, -0.2) is 24.8 Å². The molecule has 0 fully saturated rings. The zero-order valence-corrected chi connectivity index (χ0v) is 14.9. The molecule has 0 bridgehead atoms. The Labute approximate surface area is 154 Å². The molecule has 0 saturated heterocycles. The predicted octanol–water partition coefficient (Wildman–Crippen LogP) is 5.11. The minimum absolute atomic E-state index is 0.486. The number of benzene rings is 1. The van der Waals surface area contributed by atoms with Crippen LogP contribution in [0, 0.1) is 20.4 Å². The summed E-state index contributed by atoms with van der Waals surface area (Å²) in [6.45, 7) is 11.4. The Kier molecular flexibility index (Phi) is 4.03. The fourth-order valence-corrected chi connectivity index (χ4v) is 3.52. The van der Waals surface area contributed by atoms with Crippen LogP contribution in [-0.2, 0) is 0 Å². The standard InChI is InChI=1S/C19H13N5OS/c1-11-17(12(2)23-9-22-11)14-5-4-13(8-16(14)20-3)25-19-18-15(6-7-21-19)24-10-26-18/h4-10H,1-2H3. The van der Waals surface area contributed by atoms with Crippen LogP contribution in [0.4, 0.5) is 5.69 Å². The number of ether oxygens (including phenoxy) is 1. The van der Waals surface area contributed by atoms with Gasteiger partial charge in [-0.1, -0.05) is 6.07 Å². The fraction of sp³-hybridized carbons (Fsp3) is 0.105. The van der Waals surface area contributed by atoms with Gasteiger partial charge in [0.2, 0.25) is 5.88 Å². The van der Waals surface area contributed by atoms with Crippen molar-refractivity contribution in [1.82, 2.24) is 19.9 Å². The Morgan fingerprint density at radius 3 is 2.62 bits per heavy atom. The van der Waals surface area contributed by atoms with Crippen LogP contribution in [0.2, 0.25) is 0 Å². The highest BCUT2D eigenvalue weighted by Gasteiger charge is 2.14. The zero-order valence-electron chi connectivity index (χ0n) is 14.1. The lowest BCUT2D eigenvalue weighted by Crippen LogP contribution is -1.95. The molecule has 0 aliphatic carbocycles. The van der Waals surface area contributed by atoms with E-state index in [1.807, 2.05) is 32.0 Å². The van der Waals surface area contributed by atoms with E-state index in [1.165, 1.54) is 17.7 Å². The normalized spacial score (nSPS) is 10.7. The minimum atomic E-state index is 0.486. The van der Waals surface area contributed by atoms with Crippen molar-refractivity contribution in [3.8, 4) is 22.8 Å². The van der Waals surface area contributed by atoms with Gasteiger partial charge in [0.15, 0.2) is 5.69 Å². The van der Waals surface area contributed by atoms with E-state index in [9.17, 15) is 0 Å². The van der Waals surface area contributed by atoms with Crippen molar-refractivity contribution < 1.29 is 4.74 Å². The molecule has 0 amide bonds. The highest BCUT2D eigenvalue weighted by molar-refractivity contribution is 7.17. The van der Waals surface area contributed by atoms with Gasteiger partial charge in [-0.2, -0.15) is 0 Å². The van der Waals surface area contributed by atoms with E-state index in [4.69, 9.17) is 11.3 Å². The Hall–Kier alpha value is -3.37. The van der Waals surface area contributed by atoms with E-state index >= 15 is 0 Å². The van der Waals surface area contributed by atoms with Crippen molar-refractivity contribution in [2.75, 3.05) is 0 Å². The van der Waals surface area contributed by atoms with Crippen LogP contribution in [0.5, 0.6) is 11.6 Å². The molecule has 0 radical (unpaired) electrons. The maximum Gasteiger partial charge on any atom is 0.238 e.